The van der Waals surface area contributed by atoms with E-state index in [0.717, 1.165) is 25.7 Å². The zero-order valence-corrected chi connectivity index (χ0v) is 12.9. The van der Waals surface area contributed by atoms with Crippen molar-refractivity contribution in [2.24, 2.45) is 5.92 Å². The Morgan fingerprint density at radius 2 is 1.82 bits per heavy atom. The first kappa shape index (κ1) is 14.9. The van der Waals surface area contributed by atoms with Gasteiger partial charge in [-0.3, -0.25) is 9.59 Å². The molecule has 1 saturated heterocycles. The molecule has 0 unspecified atom stereocenters. The van der Waals surface area contributed by atoms with Gasteiger partial charge in [0.1, 0.15) is 5.75 Å². The highest BCUT2D eigenvalue weighted by Crippen LogP contribution is 2.29. The van der Waals surface area contributed by atoms with Crippen LogP contribution in [0.15, 0.2) is 24.3 Å². The quantitative estimate of drug-likeness (QED) is 0.923. The van der Waals surface area contributed by atoms with E-state index in [9.17, 15) is 9.59 Å². The highest BCUT2D eigenvalue weighted by molar-refractivity contribution is 5.97. The Morgan fingerprint density at radius 3 is 2.45 bits per heavy atom. The third-order valence-corrected chi connectivity index (χ3v) is 4.41. The molecule has 5 heteroatoms. The largest absolute Gasteiger partial charge is 0.496 e. The van der Waals surface area contributed by atoms with Crippen LogP contribution in [-0.4, -0.2) is 43.0 Å². The molecular weight excluding hydrogens is 280 g/mol. The molecule has 2 aliphatic rings. The van der Waals surface area contributed by atoms with Crippen molar-refractivity contribution in [2.75, 3.05) is 20.2 Å². The molecule has 118 valence electrons. The Labute approximate surface area is 130 Å². The van der Waals surface area contributed by atoms with Crippen molar-refractivity contribution in [3.8, 4) is 5.75 Å². The molecule has 1 aliphatic heterocycles. The second kappa shape index (κ2) is 6.38. The predicted octanol–water partition coefficient (Wildman–Crippen LogP) is 1.83. The number of hydrogen-bond donors (Lipinski definition) is 1. The number of benzene rings is 1. The van der Waals surface area contributed by atoms with Crippen molar-refractivity contribution in [1.29, 1.82) is 0 Å². The third kappa shape index (κ3) is 3.24. The number of amides is 2. The number of hydrogen-bond acceptors (Lipinski definition) is 3. The molecule has 2 fully saturated rings. The molecule has 22 heavy (non-hydrogen) atoms. The van der Waals surface area contributed by atoms with Crippen molar-refractivity contribution < 1.29 is 14.3 Å². The first-order valence-corrected chi connectivity index (χ1v) is 7.91. The summed E-state index contributed by atoms with van der Waals surface area (Å²) in [6.07, 6.45) is 3.69. The molecule has 0 atom stereocenters. The minimum Gasteiger partial charge on any atom is -0.496 e. The number of ether oxygens (including phenoxy) is 1. The molecule has 0 spiro atoms. The highest BCUT2D eigenvalue weighted by atomic mass is 16.5. The fourth-order valence-corrected chi connectivity index (χ4v) is 2.88. The van der Waals surface area contributed by atoms with Crippen LogP contribution in [0.2, 0.25) is 0 Å². The summed E-state index contributed by atoms with van der Waals surface area (Å²) in [4.78, 5) is 26.2. The minimum atomic E-state index is 0.00409. The van der Waals surface area contributed by atoms with E-state index in [1.54, 1.807) is 19.2 Å². The molecule has 1 aromatic rings. The summed E-state index contributed by atoms with van der Waals surface area (Å²) in [6, 6.07) is 7.50. The summed E-state index contributed by atoms with van der Waals surface area (Å²) in [5.74, 6) is 1.05. The zero-order chi connectivity index (χ0) is 15.5. The Hall–Kier alpha value is -2.04. The monoisotopic (exact) mass is 302 g/mol. The SMILES string of the molecule is COc1ccccc1C(=O)N1CCC(NC(=O)C2CC2)CC1. The van der Waals surface area contributed by atoms with Crippen molar-refractivity contribution in [3.63, 3.8) is 0 Å². The van der Waals surface area contributed by atoms with E-state index in [-0.39, 0.29) is 23.8 Å². The summed E-state index contributed by atoms with van der Waals surface area (Å²) in [5, 5.41) is 3.10. The molecule has 5 nitrogen and oxygen atoms in total. The van der Waals surface area contributed by atoms with Crippen LogP contribution in [-0.2, 0) is 4.79 Å². The van der Waals surface area contributed by atoms with Crippen molar-refractivity contribution in [3.05, 3.63) is 29.8 Å². The lowest BCUT2D eigenvalue weighted by molar-refractivity contribution is -0.123. The summed E-state index contributed by atoms with van der Waals surface area (Å²) < 4.78 is 5.26. The molecular formula is C17H22N2O3. The van der Waals surface area contributed by atoms with Gasteiger partial charge in [-0.15, -0.1) is 0 Å². The average molecular weight is 302 g/mol. The van der Waals surface area contributed by atoms with Gasteiger partial charge >= 0.3 is 0 Å². The van der Waals surface area contributed by atoms with Crippen LogP contribution >= 0.6 is 0 Å². The lowest BCUT2D eigenvalue weighted by Gasteiger charge is -2.32. The molecule has 3 rings (SSSR count). The molecule has 1 saturated carbocycles. The summed E-state index contributed by atoms with van der Waals surface area (Å²) in [7, 11) is 1.58. The first-order valence-electron chi connectivity index (χ1n) is 7.91. The van der Waals surface area contributed by atoms with Crippen LogP contribution in [0.3, 0.4) is 0 Å². The number of methoxy groups -OCH3 is 1. The number of carbonyl (C=O) groups excluding carboxylic acids is 2. The van der Waals surface area contributed by atoms with Gasteiger partial charge < -0.3 is 15.0 Å². The molecule has 1 aliphatic carbocycles. The Morgan fingerprint density at radius 1 is 1.14 bits per heavy atom. The Balaban J connectivity index is 1.56. The van der Waals surface area contributed by atoms with E-state index in [2.05, 4.69) is 5.32 Å². The van der Waals surface area contributed by atoms with Gasteiger partial charge in [-0.05, 0) is 37.8 Å². The fraction of sp³-hybridized carbons (Fsp3) is 0.529. The van der Waals surface area contributed by atoms with Crippen LogP contribution < -0.4 is 10.1 Å². The fourth-order valence-electron chi connectivity index (χ4n) is 2.88. The predicted molar refractivity (Wildman–Crippen MR) is 82.8 cm³/mol. The van der Waals surface area contributed by atoms with E-state index in [0.29, 0.717) is 24.4 Å². The van der Waals surface area contributed by atoms with E-state index in [1.165, 1.54) is 0 Å². The van der Waals surface area contributed by atoms with Crippen LogP contribution in [0, 0.1) is 5.92 Å². The second-order valence-electron chi connectivity index (χ2n) is 6.05. The van der Waals surface area contributed by atoms with Crippen molar-refractivity contribution in [1.82, 2.24) is 10.2 Å². The standard InChI is InChI=1S/C17H22N2O3/c1-22-15-5-3-2-4-14(15)17(21)19-10-8-13(9-11-19)18-16(20)12-6-7-12/h2-5,12-13H,6-11H2,1H3,(H,18,20). The summed E-state index contributed by atoms with van der Waals surface area (Å²) in [5.41, 5.74) is 0.602. The Kier molecular flexibility index (Phi) is 4.32. The Bertz CT molecular complexity index is 561. The number of rotatable bonds is 4. The molecule has 0 radical (unpaired) electrons. The van der Waals surface area contributed by atoms with Gasteiger partial charge in [-0.2, -0.15) is 0 Å². The van der Waals surface area contributed by atoms with Crippen LogP contribution in [0.25, 0.3) is 0 Å². The summed E-state index contributed by atoms with van der Waals surface area (Å²) in [6.45, 7) is 1.35. The van der Waals surface area contributed by atoms with Crippen LogP contribution in [0.1, 0.15) is 36.0 Å². The zero-order valence-electron chi connectivity index (χ0n) is 12.9. The number of likely N-dealkylation sites (tertiary alicyclic amines) is 1. The van der Waals surface area contributed by atoms with Gasteiger partial charge in [0.05, 0.1) is 12.7 Å². The topological polar surface area (TPSA) is 58.6 Å². The van der Waals surface area contributed by atoms with Gasteiger partial charge in [-0.25, -0.2) is 0 Å². The molecule has 2 amide bonds. The van der Waals surface area contributed by atoms with Crippen molar-refractivity contribution in [2.45, 2.75) is 31.7 Å². The van der Waals surface area contributed by atoms with Crippen LogP contribution in [0.4, 0.5) is 0 Å². The molecule has 1 N–H and O–H groups in total. The van der Waals surface area contributed by atoms with E-state index in [1.807, 2.05) is 17.0 Å². The molecule has 1 heterocycles. The van der Waals surface area contributed by atoms with Gasteiger partial charge in [0.2, 0.25) is 5.91 Å². The summed E-state index contributed by atoms with van der Waals surface area (Å²) >= 11 is 0. The number of nitrogens with zero attached hydrogens (tertiary/aromatic N) is 1. The molecule has 0 bridgehead atoms. The normalized spacial score (nSPS) is 18.9. The number of para-hydroxylation sites is 1. The maximum absolute atomic E-state index is 12.6. The number of carbonyl (C=O) groups is 2. The average Bonchev–Trinajstić information content (AvgIpc) is 3.40. The lowest BCUT2D eigenvalue weighted by Crippen LogP contribution is -2.47. The van der Waals surface area contributed by atoms with E-state index >= 15 is 0 Å². The minimum absolute atomic E-state index is 0.00409. The van der Waals surface area contributed by atoms with Gasteiger partial charge in [0.15, 0.2) is 0 Å². The van der Waals surface area contributed by atoms with Crippen LogP contribution in [0.5, 0.6) is 5.75 Å². The smallest absolute Gasteiger partial charge is 0.257 e. The van der Waals surface area contributed by atoms with Gasteiger partial charge in [-0.1, -0.05) is 12.1 Å². The maximum atomic E-state index is 12.6. The van der Waals surface area contributed by atoms with Gasteiger partial charge in [0.25, 0.3) is 5.91 Å². The van der Waals surface area contributed by atoms with E-state index < -0.39 is 0 Å². The maximum Gasteiger partial charge on any atom is 0.257 e. The lowest BCUT2D eigenvalue weighted by atomic mass is 10.0. The molecule has 1 aromatic carbocycles. The highest BCUT2D eigenvalue weighted by Gasteiger charge is 2.32. The van der Waals surface area contributed by atoms with Gasteiger partial charge in [0, 0.05) is 25.0 Å². The van der Waals surface area contributed by atoms with Crippen molar-refractivity contribution >= 4 is 11.8 Å². The second-order valence-corrected chi connectivity index (χ2v) is 6.05. The first-order chi connectivity index (χ1) is 10.7. The van der Waals surface area contributed by atoms with E-state index in [4.69, 9.17) is 4.74 Å². The third-order valence-electron chi connectivity index (χ3n) is 4.41. The number of piperidine rings is 1. The molecule has 0 aromatic heterocycles. The number of nitrogens with one attached hydrogen (secondary N) is 1.